The van der Waals surface area contributed by atoms with E-state index in [-0.39, 0.29) is 0 Å². The fourth-order valence-corrected chi connectivity index (χ4v) is 1.41. The van der Waals surface area contributed by atoms with Crippen molar-refractivity contribution in [3.63, 3.8) is 0 Å². The maximum Gasteiger partial charge on any atom is 0.0839 e. The SMILES string of the molecule is CCCc1ccccc1/C(C)=N/O. The number of aryl methyl sites for hydroxylation is 1. The lowest BCUT2D eigenvalue weighted by Crippen LogP contribution is -2.00. The first-order valence-electron chi connectivity index (χ1n) is 4.56. The summed E-state index contributed by atoms with van der Waals surface area (Å²) >= 11 is 0. The first kappa shape index (κ1) is 9.78. The predicted molar refractivity (Wildman–Crippen MR) is 54.4 cm³/mol. The summed E-state index contributed by atoms with van der Waals surface area (Å²) in [6, 6.07) is 8.04. The van der Waals surface area contributed by atoms with Gasteiger partial charge in [-0.05, 0) is 18.9 Å². The molecular weight excluding hydrogens is 162 g/mol. The first-order chi connectivity index (χ1) is 6.29. The van der Waals surface area contributed by atoms with E-state index in [0.29, 0.717) is 5.71 Å². The van der Waals surface area contributed by atoms with Gasteiger partial charge in [-0.3, -0.25) is 0 Å². The average Bonchev–Trinajstić information content (AvgIpc) is 2.18. The van der Waals surface area contributed by atoms with Gasteiger partial charge in [-0.15, -0.1) is 0 Å². The van der Waals surface area contributed by atoms with Crippen LogP contribution in [-0.2, 0) is 6.42 Å². The van der Waals surface area contributed by atoms with E-state index in [9.17, 15) is 0 Å². The van der Waals surface area contributed by atoms with Crippen molar-refractivity contribution in [1.82, 2.24) is 0 Å². The average molecular weight is 177 g/mol. The third-order valence-corrected chi connectivity index (χ3v) is 2.08. The molecule has 2 heteroatoms. The molecule has 1 rings (SSSR count). The van der Waals surface area contributed by atoms with Crippen molar-refractivity contribution in [2.24, 2.45) is 5.16 Å². The number of rotatable bonds is 3. The van der Waals surface area contributed by atoms with Gasteiger partial charge in [-0.1, -0.05) is 42.8 Å². The van der Waals surface area contributed by atoms with Crippen molar-refractivity contribution in [1.29, 1.82) is 0 Å². The lowest BCUT2D eigenvalue weighted by molar-refractivity contribution is 0.319. The van der Waals surface area contributed by atoms with E-state index >= 15 is 0 Å². The van der Waals surface area contributed by atoms with E-state index in [1.54, 1.807) is 0 Å². The summed E-state index contributed by atoms with van der Waals surface area (Å²) in [5.74, 6) is 0. The monoisotopic (exact) mass is 177 g/mol. The van der Waals surface area contributed by atoms with Gasteiger partial charge in [-0.2, -0.15) is 0 Å². The van der Waals surface area contributed by atoms with E-state index in [0.717, 1.165) is 18.4 Å². The van der Waals surface area contributed by atoms with Gasteiger partial charge in [0, 0.05) is 5.56 Å². The third kappa shape index (κ3) is 2.31. The van der Waals surface area contributed by atoms with Gasteiger partial charge in [0.05, 0.1) is 5.71 Å². The van der Waals surface area contributed by atoms with E-state index in [1.165, 1.54) is 5.56 Å². The Labute approximate surface area is 78.9 Å². The molecule has 1 aromatic rings. The summed E-state index contributed by atoms with van der Waals surface area (Å²) in [6.45, 7) is 3.96. The van der Waals surface area contributed by atoms with Crippen molar-refractivity contribution >= 4 is 5.71 Å². The van der Waals surface area contributed by atoms with Crippen LogP contribution in [0.3, 0.4) is 0 Å². The first-order valence-corrected chi connectivity index (χ1v) is 4.56. The molecule has 1 N–H and O–H groups in total. The molecule has 0 unspecified atom stereocenters. The molecule has 0 saturated heterocycles. The Morgan fingerprint density at radius 1 is 1.38 bits per heavy atom. The van der Waals surface area contributed by atoms with Gasteiger partial charge < -0.3 is 5.21 Å². The Balaban J connectivity index is 3.04. The second-order valence-electron chi connectivity index (χ2n) is 3.09. The number of benzene rings is 1. The predicted octanol–water partition coefficient (Wildman–Crippen LogP) is 2.84. The molecular formula is C11H15NO. The van der Waals surface area contributed by atoms with Crippen molar-refractivity contribution in [3.05, 3.63) is 35.4 Å². The zero-order chi connectivity index (χ0) is 9.68. The molecule has 2 nitrogen and oxygen atoms in total. The highest BCUT2D eigenvalue weighted by Crippen LogP contribution is 2.11. The van der Waals surface area contributed by atoms with E-state index in [4.69, 9.17) is 5.21 Å². The van der Waals surface area contributed by atoms with E-state index < -0.39 is 0 Å². The van der Waals surface area contributed by atoms with Crippen LogP contribution in [0.2, 0.25) is 0 Å². The van der Waals surface area contributed by atoms with Crippen LogP contribution in [0.4, 0.5) is 0 Å². The smallest absolute Gasteiger partial charge is 0.0839 e. The normalized spacial score (nSPS) is 11.7. The summed E-state index contributed by atoms with van der Waals surface area (Å²) in [5.41, 5.74) is 2.98. The van der Waals surface area contributed by atoms with E-state index in [2.05, 4.69) is 18.1 Å². The maximum atomic E-state index is 8.67. The molecule has 0 spiro atoms. The zero-order valence-corrected chi connectivity index (χ0v) is 8.12. The van der Waals surface area contributed by atoms with Gasteiger partial charge in [0.1, 0.15) is 0 Å². The van der Waals surface area contributed by atoms with Crippen molar-refractivity contribution in [2.75, 3.05) is 0 Å². The molecule has 0 atom stereocenters. The van der Waals surface area contributed by atoms with Crippen molar-refractivity contribution < 1.29 is 5.21 Å². The van der Waals surface area contributed by atoms with Crippen LogP contribution in [0.25, 0.3) is 0 Å². The van der Waals surface area contributed by atoms with Crippen LogP contribution in [-0.4, -0.2) is 10.9 Å². The highest BCUT2D eigenvalue weighted by Gasteiger charge is 2.03. The Morgan fingerprint density at radius 3 is 2.69 bits per heavy atom. The lowest BCUT2D eigenvalue weighted by Gasteiger charge is -2.06. The summed E-state index contributed by atoms with van der Waals surface area (Å²) in [7, 11) is 0. The van der Waals surface area contributed by atoms with E-state index in [1.807, 2.05) is 25.1 Å². The summed E-state index contributed by atoms with van der Waals surface area (Å²) in [5, 5.41) is 11.9. The van der Waals surface area contributed by atoms with Crippen LogP contribution in [0.1, 0.15) is 31.4 Å². The second-order valence-corrected chi connectivity index (χ2v) is 3.09. The molecule has 0 radical (unpaired) electrons. The standard InChI is InChI=1S/C11H15NO/c1-3-6-10-7-4-5-8-11(10)9(2)12-13/h4-5,7-8,13H,3,6H2,1-2H3/b12-9+. The Kier molecular flexibility index (Phi) is 3.50. The Bertz CT molecular complexity index is 305. The topological polar surface area (TPSA) is 32.6 Å². The van der Waals surface area contributed by atoms with Crippen LogP contribution in [0.15, 0.2) is 29.4 Å². The largest absolute Gasteiger partial charge is 0.411 e. The van der Waals surface area contributed by atoms with Gasteiger partial charge in [-0.25, -0.2) is 0 Å². The molecule has 0 saturated carbocycles. The number of nitrogens with zero attached hydrogens (tertiary/aromatic N) is 1. The molecule has 0 bridgehead atoms. The highest BCUT2D eigenvalue weighted by atomic mass is 16.4. The van der Waals surface area contributed by atoms with Gasteiger partial charge in [0.2, 0.25) is 0 Å². The molecule has 0 aromatic heterocycles. The summed E-state index contributed by atoms with van der Waals surface area (Å²) in [4.78, 5) is 0. The van der Waals surface area contributed by atoms with Crippen LogP contribution in [0.5, 0.6) is 0 Å². The Hall–Kier alpha value is -1.31. The minimum absolute atomic E-state index is 0.684. The molecule has 1 aromatic carbocycles. The highest BCUT2D eigenvalue weighted by molar-refractivity contribution is 5.99. The number of oxime groups is 1. The second kappa shape index (κ2) is 4.65. The fourth-order valence-electron chi connectivity index (χ4n) is 1.41. The molecule has 0 amide bonds. The number of hydrogen-bond donors (Lipinski definition) is 1. The lowest BCUT2D eigenvalue weighted by atomic mass is 10.0. The number of hydrogen-bond acceptors (Lipinski definition) is 2. The van der Waals surface area contributed by atoms with Crippen molar-refractivity contribution in [3.8, 4) is 0 Å². The molecule has 0 aliphatic rings. The van der Waals surface area contributed by atoms with Crippen LogP contribution in [0, 0.1) is 0 Å². The summed E-state index contributed by atoms with van der Waals surface area (Å²) in [6.07, 6.45) is 2.14. The van der Waals surface area contributed by atoms with Crippen molar-refractivity contribution in [2.45, 2.75) is 26.7 Å². The summed E-state index contributed by atoms with van der Waals surface area (Å²) < 4.78 is 0. The minimum atomic E-state index is 0.684. The van der Waals surface area contributed by atoms with Gasteiger partial charge >= 0.3 is 0 Å². The molecule has 0 aliphatic heterocycles. The zero-order valence-electron chi connectivity index (χ0n) is 8.12. The Morgan fingerprint density at radius 2 is 2.08 bits per heavy atom. The molecule has 13 heavy (non-hydrogen) atoms. The molecule has 0 heterocycles. The molecule has 0 aliphatic carbocycles. The van der Waals surface area contributed by atoms with Gasteiger partial charge in [0.15, 0.2) is 0 Å². The van der Waals surface area contributed by atoms with Crippen LogP contribution >= 0.6 is 0 Å². The van der Waals surface area contributed by atoms with Gasteiger partial charge in [0.25, 0.3) is 0 Å². The third-order valence-electron chi connectivity index (χ3n) is 2.08. The quantitative estimate of drug-likeness (QED) is 0.430. The molecule has 0 fully saturated rings. The minimum Gasteiger partial charge on any atom is -0.411 e. The van der Waals surface area contributed by atoms with Crippen LogP contribution < -0.4 is 0 Å². The molecule has 70 valence electrons. The maximum absolute atomic E-state index is 8.67. The fraction of sp³-hybridized carbons (Fsp3) is 0.364.